The Labute approximate surface area is 235 Å². The summed E-state index contributed by atoms with van der Waals surface area (Å²) in [4.78, 5) is 19.8. The van der Waals surface area contributed by atoms with Crippen LogP contribution < -0.4 is 20.7 Å². The molecule has 3 aromatic heterocycles. The van der Waals surface area contributed by atoms with Gasteiger partial charge in [-0.25, -0.2) is 28.7 Å². The molecule has 1 aliphatic heterocycles. The van der Waals surface area contributed by atoms with Crippen LogP contribution in [0.4, 0.5) is 31.9 Å². The summed E-state index contributed by atoms with van der Waals surface area (Å²) in [5.41, 5.74) is 9.39. The molecule has 0 bridgehead atoms. The lowest BCUT2D eigenvalue weighted by Gasteiger charge is -2.30. The summed E-state index contributed by atoms with van der Waals surface area (Å²) in [6.45, 7) is 6.30. The highest BCUT2D eigenvalue weighted by Gasteiger charge is 2.33. The lowest BCUT2D eigenvalue weighted by atomic mass is 10.1. The van der Waals surface area contributed by atoms with Crippen LogP contribution in [-0.4, -0.2) is 62.6 Å². The molecule has 1 saturated carbocycles. The summed E-state index contributed by atoms with van der Waals surface area (Å²) in [5.74, 6) is 0.626. The minimum absolute atomic E-state index is 0.0792. The van der Waals surface area contributed by atoms with E-state index in [2.05, 4.69) is 25.2 Å². The van der Waals surface area contributed by atoms with Crippen LogP contribution in [0.1, 0.15) is 42.5 Å². The van der Waals surface area contributed by atoms with Crippen molar-refractivity contribution in [3.05, 3.63) is 59.2 Å². The summed E-state index contributed by atoms with van der Waals surface area (Å²) in [6.07, 6.45) is 5.01. The average molecular weight is 564 g/mol. The smallest absolute Gasteiger partial charge is 0.184 e. The number of rotatable bonds is 9. The summed E-state index contributed by atoms with van der Waals surface area (Å²) < 4.78 is 42.5. The molecule has 6 rings (SSSR count). The van der Waals surface area contributed by atoms with Gasteiger partial charge in [0.1, 0.15) is 40.9 Å². The van der Waals surface area contributed by atoms with Crippen LogP contribution in [0.2, 0.25) is 0 Å². The molecule has 41 heavy (non-hydrogen) atoms. The molecule has 1 aromatic carbocycles. The first-order chi connectivity index (χ1) is 19.9. The van der Waals surface area contributed by atoms with Crippen LogP contribution in [-0.2, 0) is 11.3 Å². The van der Waals surface area contributed by atoms with Crippen molar-refractivity contribution in [2.75, 3.05) is 48.9 Å². The number of nitrogens with two attached hydrogens (primary N) is 1. The second kappa shape index (κ2) is 11.2. The van der Waals surface area contributed by atoms with Gasteiger partial charge in [-0.2, -0.15) is 5.10 Å². The highest BCUT2D eigenvalue weighted by molar-refractivity contribution is 5.81. The van der Waals surface area contributed by atoms with E-state index in [4.69, 9.17) is 25.3 Å². The highest BCUT2D eigenvalue weighted by atomic mass is 19.1. The van der Waals surface area contributed by atoms with Crippen LogP contribution in [0.5, 0.6) is 5.75 Å². The fraction of sp³-hybridized carbons (Fsp3) is 0.393. The van der Waals surface area contributed by atoms with Gasteiger partial charge in [0.2, 0.25) is 0 Å². The molecule has 214 valence electrons. The molecule has 1 aliphatic carbocycles. The van der Waals surface area contributed by atoms with Crippen molar-refractivity contribution in [2.45, 2.75) is 39.2 Å². The molecule has 11 nitrogen and oxygen atoms in total. The van der Waals surface area contributed by atoms with Crippen molar-refractivity contribution in [2.24, 2.45) is 0 Å². The fourth-order valence-electron chi connectivity index (χ4n) is 5.15. The van der Waals surface area contributed by atoms with Gasteiger partial charge in [0.05, 0.1) is 26.4 Å². The fourth-order valence-corrected chi connectivity index (χ4v) is 5.15. The minimum atomic E-state index is -0.684. The number of benzene rings is 1. The molecule has 1 saturated heterocycles. The molecule has 0 radical (unpaired) electrons. The predicted molar refractivity (Wildman–Crippen MR) is 149 cm³/mol. The van der Waals surface area contributed by atoms with Crippen LogP contribution in [0.3, 0.4) is 0 Å². The van der Waals surface area contributed by atoms with E-state index >= 15 is 0 Å². The number of morpholine rings is 1. The van der Waals surface area contributed by atoms with Crippen LogP contribution in [0.15, 0.2) is 30.7 Å². The van der Waals surface area contributed by atoms with E-state index in [9.17, 15) is 8.78 Å². The quantitative estimate of drug-likeness (QED) is 0.306. The van der Waals surface area contributed by atoms with Crippen molar-refractivity contribution < 1.29 is 18.3 Å². The number of hydrogen-bond acceptors (Lipinski definition) is 10. The molecule has 2 aliphatic rings. The molecule has 0 unspecified atom stereocenters. The van der Waals surface area contributed by atoms with Gasteiger partial charge in [-0.1, -0.05) is 0 Å². The molecule has 2 fully saturated rings. The third kappa shape index (κ3) is 5.49. The van der Waals surface area contributed by atoms with Gasteiger partial charge in [0, 0.05) is 54.2 Å². The number of hydrogen-bond donors (Lipinski definition) is 2. The molecule has 13 heteroatoms. The van der Waals surface area contributed by atoms with Crippen LogP contribution >= 0.6 is 0 Å². The predicted octanol–water partition coefficient (Wildman–Crippen LogP) is 4.20. The lowest BCUT2D eigenvalue weighted by molar-refractivity contribution is 0.123. The molecule has 0 spiro atoms. The van der Waals surface area contributed by atoms with Gasteiger partial charge in [-0.3, -0.25) is 4.68 Å². The van der Waals surface area contributed by atoms with Gasteiger partial charge >= 0.3 is 0 Å². The summed E-state index contributed by atoms with van der Waals surface area (Å²) in [5, 5.41) is 8.05. The van der Waals surface area contributed by atoms with E-state index in [1.807, 2.05) is 6.92 Å². The van der Waals surface area contributed by atoms with Crippen LogP contribution in [0.25, 0.3) is 11.5 Å². The Morgan fingerprint density at radius 3 is 2.56 bits per heavy atom. The van der Waals surface area contributed by atoms with Crippen LogP contribution in [0, 0.1) is 18.6 Å². The molecule has 4 heterocycles. The number of aromatic nitrogens is 6. The molecule has 3 N–H and O–H groups in total. The van der Waals surface area contributed by atoms with E-state index in [0.717, 1.165) is 24.1 Å². The number of ether oxygens (including phenoxy) is 2. The first-order valence-corrected chi connectivity index (χ1v) is 13.6. The van der Waals surface area contributed by atoms with Gasteiger partial charge in [0.25, 0.3) is 0 Å². The standard InChI is InChI=1S/C28H31F2N9O2/c1-3-41-18-12-20(29)19(21(30)13-18)14-39-24(17-4-5-17)16(2)23(37-39)27-35-26(31)25(38-8-10-40-11-9-38)28(36-27)34-22-6-7-32-15-33-22/h6-7,12-13,15,17H,3-5,8-11,14H2,1-2H3,(H3,31,32,33,34,35,36). The summed E-state index contributed by atoms with van der Waals surface area (Å²) in [6, 6.07) is 4.14. The maximum absolute atomic E-state index is 15.0. The van der Waals surface area contributed by atoms with Crippen molar-refractivity contribution in [1.29, 1.82) is 0 Å². The first-order valence-electron chi connectivity index (χ1n) is 13.6. The van der Waals surface area contributed by atoms with E-state index < -0.39 is 11.6 Å². The Morgan fingerprint density at radius 1 is 1.15 bits per heavy atom. The molecule has 4 aromatic rings. The van der Waals surface area contributed by atoms with Gasteiger partial charge in [-0.05, 0) is 32.8 Å². The zero-order valence-electron chi connectivity index (χ0n) is 22.9. The SMILES string of the molecule is CCOc1cc(F)c(Cn2nc(-c3nc(N)c(N4CCOCC4)c(Nc4ccncn4)n3)c(C)c2C2CC2)c(F)c1. The Kier molecular flexibility index (Phi) is 7.35. The van der Waals surface area contributed by atoms with E-state index in [0.29, 0.717) is 61.8 Å². The monoisotopic (exact) mass is 563 g/mol. The molecular weight excluding hydrogens is 532 g/mol. The van der Waals surface area contributed by atoms with E-state index in [1.165, 1.54) is 18.5 Å². The third-order valence-electron chi connectivity index (χ3n) is 7.21. The highest BCUT2D eigenvalue weighted by Crippen LogP contribution is 2.44. The first kappa shape index (κ1) is 26.8. The second-order valence-corrected chi connectivity index (χ2v) is 10.0. The Morgan fingerprint density at radius 2 is 1.90 bits per heavy atom. The van der Waals surface area contributed by atoms with Crippen molar-refractivity contribution >= 4 is 23.1 Å². The lowest BCUT2D eigenvalue weighted by Crippen LogP contribution is -2.37. The van der Waals surface area contributed by atoms with E-state index in [-0.39, 0.29) is 29.6 Å². The average Bonchev–Trinajstić information content (AvgIpc) is 3.74. The van der Waals surface area contributed by atoms with Crippen molar-refractivity contribution in [3.8, 4) is 17.3 Å². The topological polar surface area (TPSA) is 129 Å². The van der Waals surface area contributed by atoms with Crippen molar-refractivity contribution in [1.82, 2.24) is 29.7 Å². The van der Waals surface area contributed by atoms with Crippen molar-refractivity contribution in [3.63, 3.8) is 0 Å². The number of nitrogen functional groups attached to an aromatic ring is 1. The number of nitrogens with one attached hydrogen (secondary N) is 1. The Hall–Kier alpha value is -4.39. The molecule has 0 atom stereocenters. The largest absolute Gasteiger partial charge is 0.494 e. The van der Waals surface area contributed by atoms with Gasteiger partial charge in [0.15, 0.2) is 17.5 Å². The Balaban J connectivity index is 1.42. The number of halogens is 2. The van der Waals surface area contributed by atoms with Gasteiger partial charge in [-0.15, -0.1) is 0 Å². The summed E-state index contributed by atoms with van der Waals surface area (Å²) in [7, 11) is 0. The zero-order chi connectivity index (χ0) is 28.5. The van der Waals surface area contributed by atoms with Gasteiger partial charge < -0.3 is 25.4 Å². The normalized spacial score (nSPS) is 15.3. The van der Waals surface area contributed by atoms with E-state index in [1.54, 1.807) is 23.9 Å². The zero-order valence-corrected chi connectivity index (χ0v) is 22.9. The second-order valence-electron chi connectivity index (χ2n) is 10.0. The summed E-state index contributed by atoms with van der Waals surface area (Å²) >= 11 is 0. The molecular formula is C28H31F2N9O2. The Bertz CT molecular complexity index is 1530. The third-order valence-corrected chi connectivity index (χ3v) is 7.21. The number of anilines is 4. The maximum atomic E-state index is 15.0. The maximum Gasteiger partial charge on any atom is 0.184 e. The molecule has 0 amide bonds. The minimum Gasteiger partial charge on any atom is -0.494 e. The number of nitrogens with zero attached hydrogens (tertiary/aromatic N) is 7.